The van der Waals surface area contributed by atoms with Crippen molar-refractivity contribution in [3.8, 4) is 17.0 Å². The fourth-order valence-corrected chi connectivity index (χ4v) is 4.49. The standard InChI is InChI=1S/C25H22FN7O2/c1-13(23-30-19-10-5-15(26)11-18(19)25(34)32(23)16-6-7-16)33-24-20(22(27)28-12-29-24)21(31-33)14-3-8-17(35-2)9-4-14/h3-5,8-13,16H,6-7H2,1-2H3,(H2,27,28,29). The quantitative estimate of drug-likeness (QED) is 0.414. The first kappa shape index (κ1) is 21.2. The fourth-order valence-electron chi connectivity index (χ4n) is 4.49. The highest BCUT2D eigenvalue weighted by Gasteiger charge is 2.32. The predicted octanol–water partition coefficient (Wildman–Crippen LogP) is 3.88. The highest BCUT2D eigenvalue weighted by Crippen LogP contribution is 2.38. The van der Waals surface area contributed by atoms with Crippen LogP contribution in [0.1, 0.15) is 37.7 Å². The molecule has 35 heavy (non-hydrogen) atoms. The number of halogens is 1. The molecule has 3 aromatic heterocycles. The van der Waals surface area contributed by atoms with Crippen LogP contribution < -0.4 is 16.0 Å². The van der Waals surface area contributed by atoms with E-state index in [0.29, 0.717) is 33.9 Å². The maximum Gasteiger partial charge on any atom is 0.261 e. The number of aromatic nitrogens is 6. The molecular formula is C25H22FN7O2. The van der Waals surface area contributed by atoms with Gasteiger partial charge >= 0.3 is 0 Å². The predicted molar refractivity (Wildman–Crippen MR) is 130 cm³/mol. The van der Waals surface area contributed by atoms with Crippen LogP contribution in [-0.4, -0.2) is 36.4 Å². The number of nitrogen functional groups attached to an aromatic ring is 1. The molecule has 0 aliphatic heterocycles. The normalized spacial score (nSPS) is 14.5. The number of nitrogens with two attached hydrogens (primary N) is 1. The number of rotatable bonds is 5. The Labute approximate surface area is 199 Å². The van der Waals surface area contributed by atoms with Crippen molar-refractivity contribution < 1.29 is 9.13 Å². The van der Waals surface area contributed by atoms with Crippen molar-refractivity contribution in [2.75, 3.05) is 12.8 Å². The Morgan fingerprint density at radius 3 is 2.63 bits per heavy atom. The second-order valence-electron chi connectivity index (χ2n) is 8.69. The summed E-state index contributed by atoms with van der Waals surface area (Å²) in [6.07, 6.45) is 3.13. The average Bonchev–Trinajstić information content (AvgIpc) is 3.63. The van der Waals surface area contributed by atoms with E-state index in [9.17, 15) is 9.18 Å². The first-order valence-electron chi connectivity index (χ1n) is 11.3. The lowest BCUT2D eigenvalue weighted by atomic mass is 10.1. The van der Waals surface area contributed by atoms with E-state index in [4.69, 9.17) is 20.6 Å². The topological polar surface area (TPSA) is 114 Å². The summed E-state index contributed by atoms with van der Waals surface area (Å²) in [5.41, 5.74) is 8.44. The number of anilines is 1. The molecule has 0 saturated heterocycles. The Kier molecular flexibility index (Phi) is 4.77. The average molecular weight is 471 g/mol. The number of hydrogen-bond donors (Lipinski definition) is 1. The summed E-state index contributed by atoms with van der Waals surface area (Å²) < 4.78 is 22.6. The van der Waals surface area contributed by atoms with Gasteiger partial charge in [-0.1, -0.05) is 0 Å². The molecule has 2 aromatic carbocycles. The maximum atomic E-state index is 13.9. The molecule has 5 aromatic rings. The van der Waals surface area contributed by atoms with Crippen molar-refractivity contribution >= 4 is 27.8 Å². The van der Waals surface area contributed by atoms with Crippen LogP contribution in [0.5, 0.6) is 5.75 Å². The van der Waals surface area contributed by atoms with Gasteiger partial charge in [0.05, 0.1) is 23.4 Å². The molecule has 1 saturated carbocycles. The van der Waals surface area contributed by atoms with Gasteiger partial charge in [0.15, 0.2) is 5.65 Å². The number of methoxy groups -OCH3 is 1. The molecule has 1 aliphatic rings. The SMILES string of the molecule is COc1ccc(-c2nn(C(C)c3nc4ccc(F)cc4c(=O)n3C3CC3)c3ncnc(N)c23)cc1. The number of hydrogen-bond acceptors (Lipinski definition) is 7. The Morgan fingerprint density at radius 2 is 1.91 bits per heavy atom. The lowest BCUT2D eigenvalue weighted by Gasteiger charge is -2.19. The second-order valence-corrected chi connectivity index (χ2v) is 8.69. The van der Waals surface area contributed by atoms with Crippen molar-refractivity contribution in [3.63, 3.8) is 0 Å². The van der Waals surface area contributed by atoms with Crippen molar-refractivity contribution in [2.24, 2.45) is 0 Å². The maximum absolute atomic E-state index is 13.9. The minimum absolute atomic E-state index is 0.0303. The number of ether oxygens (including phenoxy) is 1. The van der Waals surface area contributed by atoms with E-state index in [1.54, 1.807) is 16.4 Å². The Balaban J connectivity index is 1.58. The van der Waals surface area contributed by atoms with Crippen LogP contribution in [0.2, 0.25) is 0 Å². The first-order chi connectivity index (χ1) is 17.0. The molecular weight excluding hydrogens is 449 g/mol. The summed E-state index contributed by atoms with van der Waals surface area (Å²) in [7, 11) is 1.61. The van der Waals surface area contributed by atoms with Crippen molar-refractivity contribution in [2.45, 2.75) is 31.8 Å². The van der Waals surface area contributed by atoms with Gasteiger partial charge in [-0.2, -0.15) is 5.10 Å². The molecule has 1 unspecified atom stereocenters. The van der Waals surface area contributed by atoms with Crippen LogP contribution >= 0.6 is 0 Å². The Morgan fingerprint density at radius 1 is 1.14 bits per heavy atom. The zero-order chi connectivity index (χ0) is 24.3. The van der Waals surface area contributed by atoms with Gasteiger partial charge in [-0.3, -0.25) is 9.36 Å². The van der Waals surface area contributed by atoms with Crippen LogP contribution in [0.15, 0.2) is 53.6 Å². The first-order valence-corrected chi connectivity index (χ1v) is 11.3. The molecule has 1 fully saturated rings. The van der Waals surface area contributed by atoms with E-state index in [0.717, 1.165) is 24.2 Å². The highest BCUT2D eigenvalue weighted by molar-refractivity contribution is 5.98. The van der Waals surface area contributed by atoms with Crippen molar-refractivity contribution in [3.05, 3.63) is 70.8 Å². The summed E-state index contributed by atoms with van der Waals surface area (Å²) in [6.45, 7) is 1.92. The molecule has 1 atom stereocenters. The van der Waals surface area contributed by atoms with Gasteiger partial charge in [0.25, 0.3) is 5.56 Å². The molecule has 10 heteroatoms. The van der Waals surface area contributed by atoms with Crippen molar-refractivity contribution in [1.82, 2.24) is 29.3 Å². The lowest BCUT2D eigenvalue weighted by molar-refractivity contribution is 0.415. The molecule has 0 amide bonds. The third kappa shape index (κ3) is 3.40. The second kappa shape index (κ2) is 7.86. The zero-order valence-electron chi connectivity index (χ0n) is 19.1. The third-order valence-electron chi connectivity index (χ3n) is 6.42. The van der Waals surface area contributed by atoms with E-state index in [2.05, 4.69) is 9.97 Å². The Hall–Kier alpha value is -4.34. The molecule has 0 radical (unpaired) electrons. The summed E-state index contributed by atoms with van der Waals surface area (Å²) >= 11 is 0. The summed E-state index contributed by atoms with van der Waals surface area (Å²) in [5, 5.41) is 5.76. The molecule has 176 valence electrons. The fraction of sp³-hybridized carbons (Fsp3) is 0.240. The molecule has 1 aliphatic carbocycles. The van der Waals surface area contributed by atoms with E-state index >= 15 is 0 Å². The summed E-state index contributed by atoms with van der Waals surface area (Å²) in [5.74, 6) is 1.11. The van der Waals surface area contributed by atoms with E-state index in [1.165, 1.54) is 24.5 Å². The van der Waals surface area contributed by atoms with Gasteiger partial charge in [0, 0.05) is 11.6 Å². The van der Waals surface area contributed by atoms with Gasteiger partial charge in [-0.25, -0.2) is 24.0 Å². The van der Waals surface area contributed by atoms with Crippen LogP contribution in [-0.2, 0) is 0 Å². The van der Waals surface area contributed by atoms with Gasteiger partial charge < -0.3 is 10.5 Å². The monoisotopic (exact) mass is 471 g/mol. The van der Waals surface area contributed by atoms with Gasteiger partial charge in [0.1, 0.15) is 41.3 Å². The van der Waals surface area contributed by atoms with Crippen LogP contribution in [0.4, 0.5) is 10.2 Å². The minimum Gasteiger partial charge on any atom is -0.497 e. The van der Waals surface area contributed by atoms with Crippen LogP contribution in [0.3, 0.4) is 0 Å². The largest absolute Gasteiger partial charge is 0.497 e. The molecule has 9 nitrogen and oxygen atoms in total. The van der Waals surface area contributed by atoms with Crippen molar-refractivity contribution in [1.29, 1.82) is 0 Å². The van der Waals surface area contributed by atoms with E-state index in [1.807, 2.05) is 31.2 Å². The highest BCUT2D eigenvalue weighted by atomic mass is 19.1. The van der Waals surface area contributed by atoms with Gasteiger partial charge in [-0.05, 0) is 62.2 Å². The zero-order valence-corrected chi connectivity index (χ0v) is 19.1. The molecule has 6 rings (SSSR count). The molecule has 0 spiro atoms. The Bertz CT molecular complexity index is 1660. The van der Waals surface area contributed by atoms with E-state index < -0.39 is 11.9 Å². The molecule has 3 heterocycles. The summed E-state index contributed by atoms with van der Waals surface area (Å²) in [4.78, 5) is 26.8. The summed E-state index contributed by atoms with van der Waals surface area (Å²) in [6, 6.07) is 11.1. The molecule has 0 bridgehead atoms. The van der Waals surface area contributed by atoms with Crippen LogP contribution in [0, 0.1) is 5.82 Å². The lowest BCUT2D eigenvalue weighted by Crippen LogP contribution is -2.28. The smallest absolute Gasteiger partial charge is 0.261 e. The van der Waals surface area contributed by atoms with Crippen LogP contribution in [0.25, 0.3) is 33.2 Å². The number of benzene rings is 2. The number of fused-ring (bicyclic) bond motifs is 2. The molecule has 2 N–H and O–H groups in total. The third-order valence-corrected chi connectivity index (χ3v) is 6.42. The van der Waals surface area contributed by atoms with Gasteiger partial charge in [-0.15, -0.1) is 0 Å². The van der Waals surface area contributed by atoms with E-state index in [-0.39, 0.29) is 17.0 Å². The minimum atomic E-state index is -0.464. The number of nitrogens with zero attached hydrogens (tertiary/aromatic N) is 6. The van der Waals surface area contributed by atoms with Gasteiger partial charge in [0.2, 0.25) is 0 Å².